The fourth-order valence-electron chi connectivity index (χ4n) is 1.48. The molecule has 0 saturated heterocycles. The zero-order valence-electron chi connectivity index (χ0n) is 7.77. The van der Waals surface area contributed by atoms with E-state index in [-0.39, 0.29) is 5.69 Å². The Hall–Kier alpha value is -1.79. The van der Waals surface area contributed by atoms with Gasteiger partial charge in [-0.25, -0.2) is 0 Å². The minimum absolute atomic E-state index is 0.252. The summed E-state index contributed by atoms with van der Waals surface area (Å²) in [7, 11) is 0. The highest BCUT2D eigenvalue weighted by molar-refractivity contribution is 6.68. The molecular formula is C11H7ClN2O. The van der Waals surface area contributed by atoms with Crippen molar-refractivity contribution in [2.75, 3.05) is 0 Å². The maximum absolute atomic E-state index is 11.1. The van der Waals surface area contributed by atoms with E-state index in [1.54, 1.807) is 10.7 Å². The Labute approximate surface area is 91.6 Å². The van der Waals surface area contributed by atoms with E-state index >= 15 is 0 Å². The van der Waals surface area contributed by atoms with E-state index in [2.05, 4.69) is 11.0 Å². The van der Waals surface area contributed by atoms with Crippen LogP contribution >= 0.6 is 11.6 Å². The summed E-state index contributed by atoms with van der Waals surface area (Å²) in [4.78, 5) is 11.1. The third-order valence-corrected chi connectivity index (χ3v) is 2.26. The predicted octanol–water partition coefficient (Wildman–Crippen LogP) is 2.05. The average molecular weight is 219 g/mol. The summed E-state index contributed by atoms with van der Waals surface area (Å²) >= 11 is 5.43. The fourth-order valence-corrected chi connectivity index (χ4v) is 1.62. The molecule has 0 bridgehead atoms. The number of terminal acetylenes is 1. The van der Waals surface area contributed by atoms with Gasteiger partial charge in [-0.05, 0) is 17.7 Å². The monoisotopic (exact) mass is 218 g/mol. The van der Waals surface area contributed by atoms with E-state index in [1.807, 2.05) is 18.2 Å². The second kappa shape index (κ2) is 3.76. The first-order chi connectivity index (χ1) is 7.24. The number of carbonyl (C=O) groups is 1. The van der Waals surface area contributed by atoms with Crippen LogP contribution in [0.15, 0.2) is 24.3 Å². The van der Waals surface area contributed by atoms with Crippen LogP contribution < -0.4 is 0 Å². The second-order valence-electron chi connectivity index (χ2n) is 3.00. The molecule has 1 aromatic carbocycles. The number of para-hydroxylation sites is 1. The highest BCUT2D eigenvalue weighted by Gasteiger charge is 2.13. The van der Waals surface area contributed by atoms with Crippen molar-refractivity contribution in [2.45, 2.75) is 6.54 Å². The number of aromatic nitrogens is 2. The molecule has 2 aromatic rings. The van der Waals surface area contributed by atoms with Crippen molar-refractivity contribution in [3.05, 3.63) is 30.0 Å². The van der Waals surface area contributed by atoms with Crippen LogP contribution in [0.25, 0.3) is 10.9 Å². The molecule has 3 nitrogen and oxygen atoms in total. The standard InChI is InChI=1S/C11H7ClN2O/c1-2-7-14-9-6-4-3-5-8(9)10(13-14)11(12)15/h1,3-6H,7H2. The summed E-state index contributed by atoms with van der Waals surface area (Å²) in [5, 5.41) is 4.23. The summed E-state index contributed by atoms with van der Waals surface area (Å²) in [5.41, 5.74) is 1.07. The van der Waals surface area contributed by atoms with Crippen LogP contribution in [0.3, 0.4) is 0 Å². The van der Waals surface area contributed by atoms with Crippen LogP contribution in [-0.2, 0) is 6.54 Å². The molecule has 0 N–H and O–H groups in total. The van der Waals surface area contributed by atoms with Gasteiger partial charge in [-0.1, -0.05) is 24.1 Å². The Kier molecular flexibility index (Phi) is 2.44. The lowest BCUT2D eigenvalue weighted by Crippen LogP contribution is -1.99. The number of nitrogens with zero attached hydrogens (tertiary/aromatic N) is 2. The Balaban J connectivity index is 2.74. The quantitative estimate of drug-likeness (QED) is 0.571. The summed E-state index contributed by atoms with van der Waals surface area (Å²) in [6.45, 7) is 0.324. The summed E-state index contributed by atoms with van der Waals surface area (Å²) in [6, 6.07) is 7.33. The number of hydrogen-bond donors (Lipinski definition) is 0. The summed E-state index contributed by atoms with van der Waals surface area (Å²) in [6.07, 6.45) is 5.21. The van der Waals surface area contributed by atoms with Gasteiger partial charge in [0, 0.05) is 5.39 Å². The van der Waals surface area contributed by atoms with Gasteiger partial charge in [-0.15, -0.1) is 6.42 Å². The van der Waals surface area contributed by atoms with Gasteiger partial charge < -0.3 is 0 Å². The zero-order valence-corrected chi connectivity index (χ0v) is 8.53. The molecule has 1 aromatic heterocycles. The van der Waals surface area contributed by atoms with E-state index in [0.29, 0.717) is 6.54 Å². The molecule has 0 amide bonds. The lowest BCUT2D eigenvalue weighted by Gasteiger charge is -1.95. The third-order valence-electron chi connectivity index (χ3n) is 2.09. The van der Waals surface area contributed by atoms with E-state index in [9.17, 15) is 4.79 Å². The molecule has 15 heavy (non-hydrogen) atoms. The molecule has 4 heteroatoms. The average Bonchev–Trinajstić information content (AvgIpc) is 2.59. The van der Waals surface area contributed by atoms with Gasteiger partial charge >= 0.3 is 0 Å². The maximum Gasteiger partial charge on any atom is 0.273 e. The van der Waals surface area contributed by atoms with Crippen LogP contribution in [0.4, 0.5) is 0 Å². The Morgan fingerprint density at radius 2 is 2.27 bits per heavy atom. The summed E-state index contributed by atoms with van der Waals surface area (Å²) in [5.74, 6) is 2.47. The maximum atomic E-state index is 11.1. The van der Waals surface area contributed by atoms with E-state index in [4.69, 9.17) is 18.0 Å². The molecular weight excluding hydrogens is 212 g/mol. The highest BCUT2D eigenvalue weighted by atomic mass is 35.5. The number of rotatable bonds is 2. The highest BCUT2D eigenvalue weighted by Crippen LogP contribution is 2.19. The first-order valence-electron chi connectivity index (χ1n) is 4.33. The lowest BCUT2D eigenvalue weighted by molar-refractivity contribution is 0.107. The summed E-state index contributed by atoms with van der Waals surface area (Å²) < 4.78 is 1.59. The topological polar surface area (TPSA) is 34.9 Å². The van der Waals surface area contributed by atoms with Crippen molar-refractivity contribution in [3.8, 4) is 12.3 Å². The third kappa shape index (κ3) is 1.60. The Morgan fingerprint density at radius 3 is 2.93 bits per heavy atom. The number of hydrogen-bond acceptors (Lipinski definition) is 2. The molecule has 0 unspecified atom stereocenters. The van der Waals surface area contributed by atoms with Crippen LogP contribution in [0.2, 0.25) is 0 Å². The second-order valence-corrected chi connectivity index (χ2v) is 3.34. The molecule has 0 saturated carbocycles. The molecule has 0 radical (unpaired) electrons. The van der Waals surface area contributed by atoms with Gasteiger partial charge in [0.05, 0.1) is 5.52 Å². The van der Waals surface area contributed by atoms with Gasteiger partial charge in [0.1, 0.15) is 6.54 Å². The van der Waals surface area contributed by atoms with Crippen molar-refractivity contribution >= 4 is 27.7 Å². The minimum Gasteiger partial charge on any atom is -0.274 e. The fraction of sp³-hybridized carbons (Fsp3) is 0.0909. The minimum atomic E-state index is -0.568. The van der Waals surface area contributed by atoms with Crippen molar-refractivity contribution < 1.29 is 4.79 Å². The molecule has 0 aliphatic rings. The number of benzene rings is 1. The molecule has 74 valence electrons. The van der Waals surface area contributed by atoms with Crippen LogP contribution in [-0.4, -0.2) is 15.0 Å². The molecule has 0 aliphatic carbocycles. The van der Waals surface area contributed by atoms with E-state index < -0.39 is 5.24 Å². The van der Waals surface area contributed by atoms with Crippen LogP contribution in [0, 0.1) is 12.3 Å². The molecule has 0 atom stereocenters. The Morgan fingerprint density at radius 1 is 1.53 bits per heavy atom. The van der Waals surface area contributed by atoms with Gasteiger partial charge in [0.25, 0.3) is 5.24 Å². The molecule has 0 aliphatic heterocycles. The van der Waals surface area contributed by atoms with Gasteiger partial charge in [-0.2, -0.15) is 5.10 Å². The van der Waals surface area contributed by atoms with Gasteiger partial charge in [0.15, 0.2) is 5.69 Å². The molecule has 0 fully saturated rings. The first-order valence-corrected chi connectivity index (χ1v) is 4.70. The predicted molar refractivity (Wildman–Crippen MR) is 58.7 cm³/mol. The lowest BCUT2D eigenvalue weighted by atomic mass is 10.2. The first kappa shape index (κ1) is 9.75. The number of carbonyl (C=O) groups excluding carboxylic acids is 1. The van der Waals surface area contributed by atoms with Crippen molar-refractivity contribution in [3.63, 3.8) is 0 Å². The SMILES string of the molecule is C#CCn1nc(C(=O)Cl)c2ccccc21. The molecule has 1 heterocycles. The van der Waals surface area contributed by atoms with E-state index in [1.165, 1.54) is 0 Å². The van der Waals surface area contributed by atoms with Gasteiger partial charge in [-0.3, -0.25) is 9.48 Å². The largest absolute Gasteiger partial charge is 0.274 e. The normalized spacial score (nSPS) is 10.1. The van der Waals surface area contributed by atoms with E-state index in [0.717, 1.165) is 10.9 Å². The number of halogens is 1. The molecule has 0 spiro atoms. The van der Waals surface area contributed by atoms with Crippen molar-refractivity contribution in [1.29, 1.82) is 0 Å². The number of fused-ring (bicyclic) bond motifs is 1. The van der Waals surface area contributed by atoms with Crippen LogP contribution in [0.5, 0.6) is 0 Å². The smallest absolute Gasteiger partial charge is 0.273 e. The zero-order chi connectivity index (χ0) is 10.8. The van der Waals surface area contributed by atoms with Crippen LogP contribution in [0.1, 0.15) is 10.5 Å². The van der Waals surface area contributed by atoms with Gasteiger partial charge in [0.2, 0.25) is 0 Å². The Bertz CT molecular complexity index is 565. The molecule has 2 rings (SSSR count). The van der Waals surface area contributed by atoms with Crippen molar-refractivity contribution in [1.82, 2.24) is 9.78 Å². The van der Waals surface area contributed by atoms with Crippen molar-refractivity contribution in [2.24, 2.45) is 0 Å².